The van der Waals surface area contributed by atoms with E-state index in [-0.39, 0.29) is 0 Å². The fourth-order valence-electron chi connectivity index (χ4n) is 3.22. The van der Waals surface area contributed by atoms with Gasteiger partial charge in [0.25, 0.3) is 0 Å². The van der Waals surface area contributed by atoms with Gasteiger partial charge in [-0.1, -0.05) is 19.1 Å². The Balaban J connectivity index is 1.79. The molecule has 0 amide bonds. The summed E-state index contributed by atoms with van der Waals surface area (Å²) in [6.07, 6.45) is 2.05. The second kappa shape index (κ2) is 6.04. The van der Waals surface area contributed by atoms with Gasteiger partial charge in [0.15, 0.2) is 0 Å². The Kier molecular flexibility index (Phi) is 3.73. The van der Waals surface area contributed by atoms with Crippen LogP contribution in [0.2, 0.25) is 0 Å². The highest BCUT2D eigenvalue weighted by atomic mass is 16.5. The van der Waals surface area contributed by atoms with E-state index in [0.717, 1.165) is 47.9 Å². The molecule has 0 saturated carbocycles. The van der Waals surface area contributed by atoms with Crippen molar-refractivity contribution in [2.24, 2.45) is 0 Å². The molecule has 2 aromatic carbocycles. The van der Waals surface area contributed by atoms with Crippen molar-refractivity contribution in [1.29, 1.82) is 0 Å². The number of benzene rings is 2. The summed E-state index contributed by atoms with van der Waals surface area (Å²) in [7, 11) is 1.69. The lowest BCUT2D eigenvalue weighted by Crippen LogP contribution is -2.04. The van der Waals surface area contributed by atoms with Crippen LogP contribution in [-0.2, 0) is 12.8 Å². The predicted octanol–water partition coefficient (Wildman–Crippen LogP) is 4.08. The van der Waals surface area contributed by atoms with Crippen LogP contribution in [-0.4, -0.2) is 23.4 Å². The van der Waals surface area contributed by atoms with E-state index in [9.17, 15) is 0 Å². The first kappa shape index (κ1) is 14.8. The zero-order valence-corrected chi connectivity index (χ0v) is 14.0. The molecule has 0 atom stereocenters. The highest BCUT2D eigenvalue weighted by Crippen LogP contribution is 2.35. The molecule has 3 aromatic rings. The van der Waals surface area contributed by atoms with E-state index in [0.29, 0.717) is 0 Å². The van der Waals surface area contributed by atoms with E-state index in [1.807, 2.05) is 16.8 Å². The van der Waals surface area contributed by atoms with E-state index in [4.69, 9.17) is 9.84 Å². The van der Waals surface area contributed by atoms with Crippen LogP contribution in [0.15, 0.2) is 48.5 Å². The van der Waals surface area contributed by atoms with E-state index in [2.05, 4.69) is 48.6 Å². The van der Waals surface area contributed by atoms with Crippen molar-refractivity contribution in [2.45, 2.75) is 19.8 Å². The molecule has 0 spiro atoms. The molecule has 4 heteroatoms. The first-order chi connectivity index (χ1) is 11.8. The molecule has 0 radical (unpaired) electrons. The highest BCUT2D eigenvalue weighted by Gasteiger charge is 2.23. The number of rotatable bonds is 4. The number of nitrogens with zero attached hydrogens (tertiary/aromatic N) is 2. The molecule has 4 nitrogen and oxygen atoms in total. The van der Waals surface area contributed by atoms with Crippen molar-refractivity contribution in [1.82, 2.24) is 9.78 Å². The summed E-state index contributed by atoms with van der Waals surface area (Å²) < 4.78 is 7.29. The molecule has 1 aromatic heterocycles. The van der Waals surface area contributed by atoms with Crippen molar-refractivity contribution < 1.29 is 4.74 Å². The average Bonchev–Trinajstić information content (AvgIpc) is 3.24. The number of hydrogen-bond acceptors (Lipinski definition) is 3. The molecule has 0 fully saturated rings. The topological polar surface area (TPSA) is 39.1 Å². The summed E-state index contributed by atoms with van der Waals surface area (Å²) in [4.78, 5) is 0. The lowest BCUT2D eigenvalue weighted by atomic mass is 10.1. The number of fused-ring (bicyclic) bond motifs is 1. The Labute approximate surface area is 142 Å². The van der Waals surface area contributed by atoms with Gasteiger partial charge in [-0.05, 0) is 54.8 Å². The minimum Gasteiger partial charge on any atom is -0.497 e. The third kappa shape index (κ3) is 2.44. The number of anilines is 1. The number of ether oxygens (including phenoxy) is 1. The van der Waals surface area contributed by atoms with Gasteiger partial charge in [0, 0.05) is 17.7 Å². The van der Waals surface area contributed by atoms with Crippen LogP contribution in [0.3, 0.4) is 0 Å². The smallest absolute Gasteiger partial charge is 0.133 e. The highest BCUT2D eigenvalue weighted by molar-refractivity contribution is 5.73. The molecule has 4 rings (SSSR count). The quantitative estimate of drug-likeness (QED) is 0.787. The van der Waals surface area contributed by atoms with Gasteiger partial charge in [-0.2, -0.15) is 5.10 Å². The first-order valence-corrected chi connectivity index (χ1v) is 8.39. The summed E-state index contributed by atoms with van der Waals surface area (Å²) in [6, 6.07) is 16.7. The maximum absolute atomic E-state index is 5.26. The van der Waals surface area contributed by atoms with E-state index in [1.54, 1.807) is 7.11 Å². The standard InChI is InChI=1S/C20H21N3O/c1-3-14-4-8-16(9-5-14)23-20-18(12-13-21-20)19(22-23)15-6-10-17(24-2)11-7-15/h4-11,21H,3,12-13H2,1-2H3. The van der Waals surface area contributed by atoms with Crippen molar-refractivity contribution >= 4 is 5.82 Å². The van der Waals surface area contributed by atoms with Crippen LogP contribution in [0.25, 0.3) is 16.9 Å². The van der Waals surface area contributed by atoms with Crippen molar-refractivity contribution in [2.75, 3.05) is 19.0 Å². The van der Waals surface area contributed by atoms with Gasteiger partial charge in [0.2, 0.25) is 0 Å². The fraction of sp³-hybridized carbons (Fsp3) is 0.250. The molecule has 0 saturated heterocycles. The predicted molar refractivity (Wildman–Crippen MR) is 97.1 cm³/mol. The summed E-state index contributed by atoms with van der Waals surface area (Å²) in [5.41, 5.74) is 5.90. The van der Waals surface area contributed by atoms with Crippen LogP contribution in [0.5, 0.6) is 5.75 Å². The largest absolute Gasteiger partial charge is 0.497 e. The van der Waals surface area contributed by atoms with E-state index in [1.165, 1.54) is 11.1 Å². The Bertz CT molecular complexity index is 778. The number of methoxy groups -OCH3 is 1. The van der Waals surface area contributed by atoms with Crippen LogP contribution < -0.4 is 10.1 Å². The normalized spacial score (nSPS) is 12.8. The number of hydrogen-bond donors (Lipinski definition) is 1. The van der Waals surface area contributed by atoms with Gasteiger partial charge >= 0.3 is 0 Å². The average molecular weight is 319 g/mol. The van der Waals surface area contributed by atoms with Gasteiger partial charge < -0.3 is 10.1 Å². The molecule has 1 aliphatic heterocycles. The zero-order chi connectivity index (χ0) is 16.5. The van der Waals surface area contributed by atoms with Crippen molar-refractivity contribution in [3.8, 4) is 22.7 Å². The molecule has 122 valence electrons. The molecule has 2 heterocycles. The maximum Gasteiger partial charge on any atom is 0.133 e. The second-order valence-electron chi connectivity index (χ2n) is 6.01. The van der Waals surface area contributed by atoms with Gasteiger partial charge in [-0.25, -0.2) is 4.68 Å². The van der Waals surface area contributed by atoms with Gasteiger partial charge in [-0.3, -0.25) is 0 Å². The Morgan fingerprint density at radius 2 is 1.83 bits per heavy atom. The maximum atomic E-state index is 5.26. The molecule has 24 heavy (non-hydrogen) atoms. The minimum atomic E-state index is 0.864. The van der Waals surface area contributed by atoms with E-state index < -0.39 is 0 Å². The second-order valence-corrected chi connectivity index (χ2v) is 6.01. The minimum absolute atomic E-state index is 0.864. The van der Waals surface area contributed by atoms with Crippen LogP contribution in [0.1, 0.15) is 18.1 Å². The van der Waals surface area contributed by atoms with Gasteiger partial charge in [-0.15, -0.1) is 0 Å². The van der Waals surface area contributed by atoms with Gasteiger partial charge in [0.05, 0.1) is 18.5 Å². The third-order valence-electron chi connectivity index (χ3n) is 4.60. The van der Waals surface area contributed by atoms with Crippen LogP contribution in [0, 0.1) is 0 Å². The molecular weight excluding hydrogens is 298 g/mol. The zero-order valence-electron chi connectivity index (χ0n) is 14.0. The van der Waals surface area contributed by atoms with Crippen LogP contribution >= 0.6 is 0 Å². The first-order valence-electron chi connectivity index (χ1n) is 8.39. The van der Waals surface area contributed by atoms with E-state index >= 15 is 0 Å². The Hall–Kier alpha value is -2.75. The molecule has 0 aliphatic carbocycles. The fourth-order valence-corrected chi connectivity index (χ4v) is 3.22. The Morgan fingerprint density at radius 1 is 1.08 bits per heavy atom. The molecule has 0 unspecified atom stereocenters. The summed E-state index contributed by atoms with van der Waals surface area (Å²) >= 11 is 0. The lowest BCUT2D eigenvalue weighted by Gasteiger charge is -2.07. The lowest BCUT2D eigenvalue weighted by molar-refractivity contribution is 0.415. The summed E-state index contributed by atoms with van der Waals surface area (Å²) in [6.45, 7) is 3.13. The Morgan fingerprint density at radius 3 is 2.50 bits per heavy atom. The third-order valence-corrected chi connectivity index (χ3v) is 4.60. The van der Waals surface area contributed by atoms with Gasteiger partial charge in [0.1, 0.15) is 11.6 Å². The molecule has 0 bridgehead atoms. The summed E-state index contributed by atoms with van der Waals surface area (Å²) in [5.74, 6) is 1.98. The molecule has 1 aliphatic rings. The van der Waals surface area contributed by atoms with Crippen LogP contribution in [0.4, 0.5) is 5.82 Å². The van der Waals surface area contributed by atoms with Crippen molar-refractivity contribution in [3.63, 3.8) is 0 Å². The number of aryl methyl sites for hydroxylation is 1. The summed E-state index contributed by atoms with van der Waals surface area (Å²) in [5, 5.41) is 8.38. The monoisotopic (exact) mass is 319 g/mol. The number of nitrogens with one attached hydrogen (secondary N) is 1. The molecular formula is C20H21N3O. The number of aromatic nitrogens is 2. The SMILES string of the molecule is CCc1ccc(-n2nc(-c3ccc(OC)cc3)c3c2NCC3)cc1. The van der Waals surface area contributed by atoms with Crippen molar-refractivity contribution in [3.05, 3.63) is 59.7 Å². The molecule has 1 N–H and O–H groups in total.